The Morgan fingerprint density at radius 1 is 0.964 bits per heavy atom. The molecule has 3 rings (SSSR count). The molecule has 28 heavy (non-hydrogen) atoms. The molecule has 0 radical (unpaired) electrons. The van der Waals surface area contributed by atoms with Crippen LogP contribution >= 0.6 is 11.8 Å². The van der Waals surface area contributed by atoms with Gasteiger partial charge in [-0.25, -0.2) is 0 Å². The Morgan fingerprint density at radius 2 is 1.61 bits per heavy atom. The van der Waals surface area contributed by atoms with Crippen molar-refractivity contribution in [2.75, 3.05) is 14.2 Å². The van der Waals surface area contributed by atoms with Crippen LogP contribution in [0, 0.1) is 6.92 Å². The second kappa shape index (κ2) is 9.23. The zero-order chi connectivity index (χ0) is 19.9. The van der Waals surface area contributed by atoms with Crippen LogP contribution < -0.4 is 14.2 Å². The summed E-state index contributed by atoms with van der Waals surface area (Å²) in [7, 11) is 2.98. The standard InChI is InChI=1S/C21H20N2O4S/c1-14-8-4-5-9-15(14)13-28-20(24)16-10-6-7-11-17(16)27-21-22-18(25-2)12-19(23-21)26-3/h4-12H,13H2,1-3H3. The van der Waals surface area contributed by atoms with E-state index in [2.05, 4.69) is 9.97 Å². The molecule has 0 atom stereocenters. The highest BCUT2D eigenvalue weighted by Gasteiger charge is 2.16. The molecule has 1 aromatic heterocycles. The van der Waals surface area contributed by atoms with Crippen LogP contribution in [0.4, 0.5) is 0 Å². The zero-order valence-corrected chi connectivity index (χ0v) is 16.7. The minimum absolute atomic E-state index is 0.0420. The second-order valence-electron chi connectivity index (χ2n) is 5.84. The zero-order valence-electron chi connectivity index (χ0n) is 15.8. The lowest BCUT2D eigenvalue weighted by atomic mass is 10.1. The van der Waals surface area contributed by atoms with Gasteiger partial charge in [-0.15, -0.1) is 0 Å². The Bertz CT molecular complexity index is 956. The van der Waals surface area contributed by atoms with Crippen molar-refractivity contribution >= 4 is 16.9 Å². The maximum Gasteiger partial charge on any atom is 0.328 e. The smallest absolute Gasteiger partial charge is 0.328 e. The second-order valence-corrected chi connectivity index (χ2v) is 6.78. The van der Waals surface area contributed by atoms with E-state index in [9.17, 15) is 4.79 Å². The lowest BCUT2D eigenvalue weighted by Crippen LogP contribution is -2.02. The Hall–Kier alpha value is -3.06. The van der Waals surface area contributed by atoms with E-state index in [1.165, 1.54) is 26.0 Å². The molecule has 0 saturated heterocycles. The largest absolute Gasteiger partial charge is 0.481 e. The maximum absolute atomic E-state index is 12.8. The molecule has 0 spiro atoms. The van der Waals surface area contributed by atoms with E-state index in [1.54, 1.807) is 30.3 Å². The van der Waals surface area contributed by atoms with Crippen molar-refractivity contribution in [3.63, 3.8) is 0 Å². The monoisotopic (exact) mass is 396 g/mol. The molecule has 0 bridgehead atoms. The number of aromatic nitrogens is 2. The van der Waals surface area contributed by atoms with E-state index >= 15 is 0 Å². The Balaban J connectivity index is 1.79. The molecule has 2 aromatic carbocycles. The molecular weight excluding hydrogens is 376 g/mol. The van der Waals surface area contributed by atoms with Crippen LogP contribution in [0.2, 0.25) is 0 Å². The molecule has 7 heteroatoms. The van der Waals surface area contributed by atoms with Crippen molar-refractivity contribution in [3.8, 4) is 23.5 Å². The van der Waals surface area contributed by atoms with Crippen LogP contribution in [0.3, 0.4) is 0 Å². The number of benzene rings is 2. The number of carbonyl (C=O) groups excluding carboxylic acids is 1. The van der Waals surface area contributed by atoms with Gasteiger partial charge in [-0.1, -0.05) is 48.2 Å². The molecule has 0 aliphatic heterocycles. The number of nitrogens with zero attached hydrogens (tertiary/aromatic N) is 2. The van der Waals surface area contributed by atoms with Gasteiger partial charge in [0.15, 0.2) is 0 Å². The number of hydrogen-bond acceptors (Lipinski definition) is 7. The highest BCUT2D eigenvalue weighted by molar-refractivity contribution is 8.13. The molecule has 0 unspecified atom stereocenters. The van der Waals surface area contributed by atoms with E-state index in [1.807, 2.05) is 31.2 Å². The summed E-state index contributed by atoms with van der Waals surface area (Å²) in [6.07, 6.45) is 0. The minimum atomic E-state index is -0.0892. The molecule has 0 aliphatic carbocycles. The van der Waals surface area contributed by atoms with Crippen LogP contribution in [0.1, 0.15) is 21.5 Å². The van der Waals surface area contributed by atoms with Crippen LogP contribution in [-0.4, -0.2) is 29.3 Å². The number of methoxy groups -OCH3 is 2. The summed E-state index contributed by atoms with van der Waals surface area (Å²) in [5.41, 5.74) is 2.73. The Labute approximate surface area is 167 Å². The first-order valence-electron chi connectivity index (χ1n) is 8.56. The fraction of sp³-hybridized carbons (Fsp3) is 0.190. The van der Waals surface area contributed by atoms with Gasteiger partial charge in [0, 0.05) is 5.75 Å². The number of rotatable bonds is 7. The predicted molar refractivity (Wildman–Crippen MR) is 108 cm³/mol. The molecule has 0 aliphatic rings. The average molecular weight is 396 g/mol. The predicted octanol–water partition coefficient (Wildman–Crippen LogP) is 4.67. The highest BCUT2D eigenvalue weighted by Crippen LogP contribution is 2.30. The maximum atomic E-state index is 12.8. The first-order chi connectivity index (χ1) is 13.6. The highest BCUT2D eigenvalue weighted by atomic mass is 32.2. The van der Waals surface area contributed by atoms with E-state index < -0.39 is 0 Å². The molecule has 1 heterocycles. The van der Waals surface area contributed by atoms with Crippen LogP contribution in [0.5, 0.6) is 23.5 Å². The lowest BCUT2D eigenvalue weighted by molar-refractivity contribution is 0.108. The summed E-state index contributed by atoms with van der Waals surface area (Å²) >= 11 is 1.23. The molecule has 6 nitrogen and oxygen atoms in total. The molecule has 0 N–H and O–H groups in total. The van der Waals surface area contributed by atoms with E-state index in [-0.39, 0.29) is 11.1 Å². The topological polar surface area (TPSA) is 70.5 Å². The minimum Gasteiger partial charge on any atom is -0.481 e. The third-order valence-corrected chi connectivity index (χ3v) is 4.94. The summed E-state index contributed by atoms with van der Waals surface area (Å²) < 4.78 is 16.0. The number of ether oxygens (including phenoxy) is 3. The van der Waals surface area contributed by atoms with Crippen molar-refractivity contribution in [3.05, 3.63) is 71.3 Å². The molecule has 0 amide bonds. The quantitative estimate of drug-likeness (QED) is 0.575. The number of para-hydroxylation sites is 1. The first kappa shape index (κ1) is 19.7. The molecule has 144 valence electrons. The Kier molecular flexibility index (Phi) is 6.49. The fourth-order valence-electron chi connectivity index (χ4n) is 2.45. The van der Waals surface area contributed by atoms with Gasteiger partial charge in [0.05, 0.1) is 25.8 Å². The average Bonchev–Trinajstić information content (AvgIpc) is 2.73. The molecule has 0 fully saturated rings. The van der Waals surface area contributed by atoms with E-state index in [0.717, 1.165) is 11.1 Å². The van der Waals surface area contributed by atoms with Gasteiger partial charge in [0.1, 0.15) is 5.75 Å². The third kappa shape index (κ3) is 4.80. The van der Waals surface area contributed by atoms with Gasteiger partial charge in [0.2, 0.25) is 16.9 Å². The van der Waals surface area contributed by atoms with Crippen molar-refractivity contribution in [2.45, 2.75) is 12.7 Å². The lowest BCUT2D eigenvalue weighted by Gasteiger charge is -2.11. The van der Waals surface area contributed by atoms with Crippen LogP contribution in [-0.2, 0) is 5.75 Å². The SMILES string of the molecule is COc1cc(OC)nc(Oc2ccccc2C(=O)SCc2ccccc2C)n1. The summed E-state index contributed by atoms with van der Waals surface area (Å²) in [5, 5.41) is -0.0892. The third-order valence-electron chi connectivity index (χ3n) is 4.01. The fourth-order valence-corrected chi connectivity index (χ4v) is 3.39. The van der Waals surface area contributed by atoms with Gasteiger partial charge < -0.3 is 14.2 Å². The normalized spacial score (nSPS) is 10.4. The van der Waals surface area contributed by atoms with Gasteiger partial charge >= 0.3 is 6.01 Å². The van der Waals surface area contributed by atoms with E-state index in [4.69, 9.17) is 14.2 Å². The number of hydrogen-bond donors (Lipinski definition) is 0. The van der Waals surface area contributed by atoms with Gasteiger partial charge in [0.25, 0.3) is 0 Å². The summed E-state index contributed by atoms with van der Waals surface area (Å²) in [6.45, 7) is 2.03. The van der Waals surface area contributed by atoms with Crippen LogP contribution in [0.15, 0.2) is 54.6 Å². The van der Waals surface area contributed by atoms with Gasteiger partial charge in [-0.05, 0) is 30.2 Å². The van der Waals surface area contributed by atoms with Gasteiger partial charge in [-0.2, -0.15) is 9.97 Å². The van der Waals surface area contributed by atoms with Crippen molar-refractivity contribution < 1.29 is 19.0 Å². The molecular formula is C21H20N2O4S. The molecule has 3 aromatic rings. The number of thioether (sulfide) groups is 1. The Morgan fingerprint density at radius 3 is 2.29 bits per heavy atom. The van der Waals surface area contributed by atoms with Crippen molar-refractivity contribution in [1.29, 1.82) is 0 Å². The summed E-state index contributed by atoms with van der Waals surface area (Å²) in [4.78, 5) is 21.1. The number of aryl methyl sites for hydroxylation is 1. The van der Waals surface area contributed by atoms with E-state index in [0.29, 0.717) is 28.8 Å². The van der Waals surface area contributed by atoms with Crippen LogP contribution in [0.25, 0.3) is 0 Å². The number of carbonyl (C=O) groups is 1. The van der Waals surface area contributed by atoms with Gasteiger partial charge in [-0.3, -0.25) is 4.79 Å². The molecule has 0 saturated carbocycles. The first-order valence-corrected chi connectivity index (χ1v) is 9.55. The summed E-state index contributed by atoms with van der Waals surface area (Å²) in [5.74, 6) is 1.57. The van der Waals surface area contributed by atoms with Crippen molar-refractivity contribution in [1.82, 2.24) is 9.97 Å². The summed E-state index contributed by atoms with van der Waals surface area (Å²) in [6, 6.07) is 16.6. The van der Waals surface area contributed by atoms with Crippen molar-refractivity contribution in [2.24, 2.45) is 0 Å².